The molecule has 1 heterocycles. The number of nitrogens with one attached hydrogen (secondary N) is 3. The van der Waals surface area contributed by atoms with Crippen LogP contribution in [-0.2, 0) is 6.61 Å². The number of carbonyl (C=O) groups excluding carboxylic acids is 2. The van der Waals surface area contributed by atoms with Crippen molar-refractivity contribution in [1.29, 1.82) is 0 Å². The van der Waals surface area contributed by atoms with Crippen LogP contribution in [0, 0.1) is 0 Å². The average Bonchev–Trinajstić information content (AvgIpc) is 3.21. The molecule has 0 aliphatic rings. The van der Waals surface area contributed by atoms with Crippen molar-refractivity contribution in [2.24, 2.45) is 0 Å². The van der Waals surface area contributed by atoms with E-state index in [4.69, 9.17) is 20.8 Å². The van der Waals surface area contributed by atoms with Gasteiger partial charge >= 0.3 is 11.9 Å². The number of furan rings is 1. The minimum absolute atomic E-state index is 0.0520. The Morgan fingerprint density at radius 2 is 1.72 bits per heavy atom. The molecule has 3 aromatic rings. The summed E-state index contributed by atoms with van der Waals surface area (Å²) in [4.78, 5) is 24.1. The summed E-state index contributed by atoms with van der Waals surface area (Å²) in [6.07, 6.45) is 0. The molecule has 0 fully saturated rings. The van der Waals surface area contributed by atoms with Crippen molar-refractivity contribution in [3.8, 4) is 5.75 Å². The van der Waals surface area contributed by atoms with E-state index in [-0.39, 0.29) is 18.4 Å². The predicted molar refractivity (Wildman–Crippen MR) is 108 cm³/mol. The lowest BCUT2D eigenvalue weighted by Gasteiger charge is -2.16. The SMILES string of the molecule is CC(NC(=O)NNC(=O)c1ccc(COc2ccccc2)o1)c1ccccc1Cl. The van der Waals surface area contributed by atoms with E-state index in [2.05, 4.69) is 16.2 Å². The van der Waals surface area contributed by atoms with Gasteiger partial charge in [0.15, 0.2) is 5.76 Å². The summed E-state index contributed by atoms with van der Waals surface area (Å²) in [5.41, 5.74) is 5.34. The number of hydrogen-bond donors (Lipinski definition) is 3. The second kappa shape index (κ2) is 9.66. The van der Waals surface area contributed by atoms with Crippen LogP contribution in [0.1, 0.15) is 34.8 Å². The molecule has 29 heavy (non-hydrogen) atoms. The standard InChI is InChI=1S/C21H20ClN3O4/c1-14(17-9-5-6-10-18(17)22)23-21(27)25-24-20(26)19-12-11-16(29-19)13-28-15-7-3-2-4-8-15/h2-12,14H,13H2,1H3,(H,24,26)(H2,23,25,27). The second-order valence-corrected chi connectivity index (χ2v) is 6.57. The van der Waals surface area contributed by atoms with Crippen molar-refractivity contribution in [3.63, 3.8) is 0 Å². The monoisotopic (exact) mass is 413 g/mol. The highest BCUT2D eigenvalue weighted by Crippen LogP contribution is 2.21. The van der Waals surface area contributed by atoms with Crippen molar-refractivity contribution >= 4 is 23.5 Å². The Balaban J connectivity index is 1.46. The third kappa shape index (κ3) is 5.76. The van der Waals surface area contributed by atoms with E-state index >= 15 is 0 Å². The van der Waals surface area contributed by atoms with Crippen molar-refractivity contribution < 1.29 is 18.7 Å². The Kier molecular flexibility index (Phi) is 6.76. The van der Waals surface area contributed by atoms with Gasteiger partial charge in [0.25, 0.3) is 0 Å². The van der Waals surface area contributed by atoms with Gasteiger partial charge in [0.05, 0.1) is 6.04 Å². The van der Waals surface area contributed by atoms with Crippen LogP contribution < -0.4 is 20.9 Å². The first-order chi connectivity index (χ1) is 14.0. The van der Waals surface area contributed by atoms with E-state index in [9.17, 15) is 9.59 Å². The topological polar surface area (TPSA) is 92.6 Å². The Morgan fingerprint density at radius 3 is 2.48 bits per heavy atom. The average molecular weight is 414 g/mol. The van der Waals surface area contributed by atoms with Gasteiger partial charge < -0.3 is 14.5 Å². The summed E-state index contributed by atoms with van der Waals surface area (Å²) in [6, 6.07) is 18.7. The fourth-order valence-electron chi connectivity index (χ4n) is 2.56. The zero-order valence-corrected chi connectivity index (χ0v) is 16.4. The van der Waals surface area contributed by atoms with Crippen LogP contribution in [0.2, 0.25) is 5.02 Å². The molecular weight excluding hydrogens is 394 g/mol. The largest absolute Gasteiger partial charge is 0.486 e. The van der Waals surface area contributed by atoms with E-state index in [1.165, 1.54) is 6.07 Å². The molecule has 0 bridgehead atoms. The summed E-state index contributed by atoms with van der Waals surface area (Å²) in [5, 5.41) is 3.23. The number of rotatable bonds is 6. The van der Waals surface area contributed by atoms with E-state index in [0.29, 0.717) is 16.5 Å². The summed E-state index contributed by atoms with van der Waals surface area (Å²) < 4.78 is 11.0. The second-order valence-electron chi connectivity index (χ2n) is 6.16. The molecule has 0 spiro atoms. The van der Waals surface area contributed by atoms with Crippen LogP contribution in [0.3, 0.4) is 0 Å². The summed E-state index contributed by atoms with van der Waals surface area (Å²) in [5.74, 6) is 0.643. The number of amides is 3. The highest BCUT2D eigenvalue weighted by Gasteiger charge is 2.15. The lowest BCUT2D eigenvalue weighted by molar-refractivity contribution is 0.0904. The van der Waals surface area contributed by atoms with Crippen LogP contribution in [0.25, 0.3) is 0 Å². The predicted octanol–water partition coefficient (Wildman–Crippen LogP) is 4.22. The molecule has 3 rings (SSSR count). The van der Waals surface area contributed by atoms with Crippen molar-refractivity contribution in [2.75, 3.05) is 0 Å². The molecular formula is C21H20ClN3O4. The summed E-state index contributed by atoms with van der Waals surface area (Å²) in [6.45, 7) is 1.97. The highest BCUT2D eigenvalue weighted by atomic mass is 35.5. The molecule has 1 atom stereocenters. The number of hydrazine groups is 1. The van der Waals surface area contributed by atoms with Gasteiger partial charge in [-0.25, -0.2) is 10.2 Å². The first-order valence-electron chi connectivity index (χ1n) is 8.91. The van der Waals surface area contributed by atoms with Gasteiger partial charge in [0.2, 0.25) is 0 Å². The fraction of sp³-hybridized carbons (Fsp3) is 0.143. The maximum Gasteiger partial charge on any atom is 0.333 e. The lowest BCUT2D eigenvalue weighted by atomic mass is 10.1. The van der Waals surface area contributed by atoms with Crippen LogP contribution in [0.5, 0.6) is 5.75 Å². The molecule has 3 N–H and O–H groups in total. The van der Waals surface area contributed by atoms with Crippen LogP contribution >= 0.6 is 11.6 Å². The zero-order chi connectivity index (χ0) is 20.6. The van der Waals surface area contributed by atoms with E-state index < -0.39 is 11.9 Å². The molecule has 0 aliphatic carbocycles. The normalized spacial score (nSPS) is 11.4. The molecule has 1 unspecified atom stereocenters. The minimum atomic E-state index is -0.587. The molecule has 7 nitrogen and oxygen atoms in total. The van der Waals surface area contributed by atoms with Gasteiger partial charge in [-0.05, 0) is 42.8 Å². The van der Waals surface area contributed by atoms with Crippen LogP contribution in [0.4, 0.5) is 4.79 Å². The Bertz CT molecular complexity index is 975. The molecule has 0 saturated heterocycles. The van der Waals surface area contributed by atoms with Gasteiger partial charge in [0.1, 0.15) is 18.1 Å². The molecule has 2 aromatic carbocycles. The minimum Gasteiger partial charge on any atom is -0.486 e. The first kappa shape index (κ1) is 20.3. The molecule has 1 aromatic heterocycles. The van der Waals surface area contributed by atoms with Gasteiger partial charge in [-0.2, -0.15) is 0 Å². The smallest absolute Gasteiger partial charge is 0.333 e. The summed E-state index contributed by atoms with van der Waals surface area (Å²) in [7, 11) is 0. The van der Waals surface area contributed by atoms with E-state index in [0.717, 1.165) is 5.56 Å². The Hall–Kier alpha value is -3.45. The third-order valence-corrected chi connectivity index (χ3v) is 4.36. The van der Waals surface area contributed by atoms with Gasteiger partial charge in [-0.3, -0.25) is 10.2 Å². The molecule has 150 valence electrons. The fourth-order valence-corrected chi connectivity index (χ4v) is 2.86. The third-order valence-electron chi connectivity index (χ3n) is 4.02. The molecule has 3 amide bonds. The number of urea groups is 1. The number of ether oxygens (including phenoxy) is 1. The molecule has 8 heteroatoms. The number of benzene rings is 2. The number of carbonyl (C=O) groups is 2. The lowest BCUT2D eigenvalue weighted by Crippen LogP contribution is -2.47. The van der Waals surface area contributed by atoms with Crippen LogP contribution in [0.15, 0.2) is 71.1 Å². The highest BCUT2D eigenvalue weighted by molar-refractivity contribution is 6.31. The number of hydrogen-bond acceptors (Lipinski definition) is 4. The van der Waals surface area contributed by atoms with Crippen molar-refractivity contribution in [3.05, 3.63) is 88.8 Å². The van der Waals surface area contributed by atoms with Crippen molar-refractivity contribution in [1.82, 2.24) is 16.2 Å². The summed E-state index contributed by atoms with van der Waals surface area (Å²) >= 11 is 6.11. The maximum atomic E-state index is 12.1. The first-order valence-corrected chi connectivity index (χ1v) is 9.28. The van der Waals surface area contributed by atoms with Gasteiger partial charge in [-0.1, -0.05) is 48.0 Å². The molecule has 0 aliphatic heterocycles. The van der Waals surface area contributed by atoms with Crippen molar-refractivity contribution in [2.45, 2.75) is 19.6 Å². The number of halogens is 1. The Morgan fingerprint density at radius 1 is 1.00 bits per heavy atom. The quantitative estimate of drug-likeness (QED) is 0.527. The number of para-hydroxylation sites is 1. The molecule has 0 saturated carbocycles. The van der Waals surface area contributed by atoms with Gasteiger partial charge in [-0.15, -0.1) is 0 Å². The zero-order valence-electron chi connectivity index (χ0n) is 15.6. The molecule has 0 radical (unpaired) electrons. The van der Waals surface area contributed by atoms with Gasteiger partial charge in [0, 0.05) is 5.02 Å². The van der Waals surface area contributed by atoms with E-state index in [1.807, 2.05) is 42.5 Å². The van der Waals surface area contributed by atoms with E-state index in [1.54, 1.807) is 25.1 Å². The van der Waals surface area contributed by atoms with Crippen LogP contribution in [-0.4, -0.2) is 11.9 Å². The maximum absolute atomic E-state index is 12.1. The Labute approximate surface area is 173 Å².